The number of aromatic hydroxyl groups is 4. The summed E-state index contributed by atoms with van der Waals surface area (Å²) in [6.07, 6.45) is 2.49. The first-order valence-corrected chi connectivity index (χ1v) is 8.79. The Bertz CT molecular complexity index is 798. The van der Waals surface area contributed by atoms with Gasteiger partial charge in [0.1, 0.15) is 5.78 Å². The van der Waals surface area contributed by atoms with E-state index in [0.717, 1.165) is 30.4 Å². The van der Waals surface area contributed by atoms with E-state index in [4.69, 9.17) is 0 Å². The van der Waals surface area contributed by atoms with Gasteiger partial charge in [0, 0.05) is 23.9 Å². The van der Waals surface area contributed by atoms with Crippen LogP contribution in [0.3, 0.4) is 0 Å². The van der Waals surface area contributed by atoms with E-state index in [9.17, 15) is 25.2 Å². The molecule has 0 amide bonds. The highest BCUT2D eigenvalue weighted by molar-refractivity contribution is 5.87. The standard InChI is InChI=1S/C20H21NO5/c22-14-6-4-10(8-16(14)24)18-12-2-1-3-13(20(12)26)19(21-18)11-5-7-15(23)17(25)9-11/h4-9,12-13,18-19,21-25H,1-3H2/t12-,13-,18-,19+/m1/s1. The van der Waals surface area contributed by atoms with Gasteiger partial charge in [-0.15, -0.1) is 0 Å². The SMILES string of the molecule is O=C1[C@@H]2CCC[C@@H]1[C@H](c1ccc(O)c(O)c1)N[C@@H]2c1ccc(O)c(O)c1. The van der Waals surface area contributed by atoms with Crippen LogP contribution in [0.1, 0.15) is 42.5 Å². The maximum Gasteiger partial charge on any atom is 0.157 e. The van der Waals surface area contributed by atoms with Crippen molar-refractivity contribution in [2.45, 2.75) is 31.3 Å². The molecule has 4 rings (SSSR count). The maximum atomic E-state index is 13.0. The Hall–Kier alpha value is -2.73. The molecule has 1 heterocycles. The zero-order chi connectivity index (χ0) is 18.4. The van der Waals surface area contributed by atoms with E-state index in [1.165, 1.54) is 24.3 Å². The van der Waals surface area contributed by atoms with E-state index in [1.807, 2.05) is 0 Å². The van der Waals surface area contributed by atoms with Crippen molar-refractivity contribution in [1.82, 2.24) is 5.32 Å². The molecule has 0 radical (unpaired) electrons. The van der Waals surface area contributed by atoms with Crippen molar-refractivity contribution >= 4 is 5.78 Å². The van der Waals surface area contributed by atoms with E-state index in [1.54, 1.807) is 12.1 Å². The second kappa shape index (κ2) is 6.21. The molecule has 6 heteroatoms. The molecule has 26 heavy (non-hydrogen) atoms. The van der Waals surface area contributed by atoms with E-state index < -0.39 is 0 Å². The minimum atomic E-state index is -0.286. The summed E-state index contributed by atoms with van der Waals surface area (Å²) in [5.41, 5.74) is 1.49. The molecular weight excluding hydrogens is 334 g/mol. The third kappa shape index (κ3) is 2.66. The van der Waals surface area contributed by atoms with Gasteiger partial charge in [0.2, 0.25) is 0 Å². The molecule has 6 nitrogen and oxygen atoms in total. The van der Waals surface area contributed by atoms with Gasteiger partial charge in [-0.3, -0.25) is 4.79 Å². The van der Waals surface area contributed by atoms with E-state index >= 15 is 0 Å². The summed E-state index contributed by atoms with van der Waals surface area (Å²) in [5, 5.41) is 42.3. The Kier molecular flexibility index (Phi) is 4.00. The number of fused-ring (bicyclic) bond motifs is 2. The van der Waals surface area contributed by atoms with Gasteiger partial charge in [-0.25, -0.2) is 0 Å². The summed E-state index contributed by atoms with van der Waals surface area (Å²) in [6.45, 7) is 0. The predicted molar refractivity (Wildman–Crippen MR) is 94.0 cm³/mol. The molecule has 0 spiro atoms. The molecule has 1 aliphatic carbocycles. The minimum absolute atomic E-state index is 0.181. The van der Waals surface area contributed by atoms with Crippen molar-refractivity contribution in [3.05, 3.63) is 47.5 Å². The summed E-state index contributed by atoms with van der Waals surface area (Å²) >= 11 is 0. The molecule has 1 saturated heterocycles. The van der Waals surface area contributed by atoms with Crippen molar-refractivity contribution in [2.24, 2.45) is 11.8 Å². The zero-order valence-electron chi connectivity index (χ0n) is 14.1. The first-order chi connectivity index (χ1) is 12.5. The minimum Gasteiger partial charge on any atom is -0.504 e. The van der Waals surface area contributed by atoms with Crippen molar-refractivity contribution in [3.63, 3.8) is 0 Å². The second-order valence-corrected chi connectivity index (χ2v) is 7.16. The maximum absolute atomic E-state index is 13.0. The Labute approximate surface area is 150 Å². The average Bonchev–Trinajstić information content (AvgIpc) is 2.60. The van der Waals surface area contributed by atoms with Gasteiger partial charge in [0.05, 0.1) is 0 Å². The number of carbonyl (C=O) groups is 1. The summed E-state index contributed by atoms with van der Waals surface area (Å²) < 4.78 is 0. The zero-order valence-corrected chi connectivity index (χ0v) is 14.1. The molecule has 0 unspecified atom stereocenters. The third-order valence-corrected chi connectivity index (χ3v) is 5.64. The normalized spacial score (nSPS) is 28.1. The van der Waals surface area contributed by atoms with Gasteiger partial charge in [-0.2, -0.15) is 0 Å². The van der Waals surface area contributed by atoms with Crippen LogP contribution in [0.5, 0.6) is 23.0 Å². The Morgan fingerprint density at radius 2 is 1.19 bits per heavy atom. The van der Waals surface area contributed by atoms with Crippen molar-refractivity contribution in [3.8, 4) is 23.0 Å². The number of nitrogens with one attached hydrogen (secondary N) is 1. The van der Waals surface area contributed by atoms with Crippen molar-refractivity contribution in [2.75, 3.05) is 0 Å². The fourth-order valence-corrected chi connectivity index (χ4v) is 4.33. The number of phenolic OH excluding ortho intramolecular Hbond substituents is 4. The van der Waals surface area contributed by atoms with Crippen LogP contribution in [-0.4, -0.2) is 26.2 Å². The van der Waals surface area contributed by atoms with Crippen LogP contribution in [0.15, 0.2) is 36.4 Å². The van der Waals surface area contributed by atoms with Crippen LogP contribution in [0.25, 0.3) is 0 Å². The number of ketones is 1. The molecule has 2 fully saturated rings. The highest BCUT2D eigenvalue weighted by Gasteiger charge is 2.46. The largest absolute Gasteiger partial charge is 0.504 e. The van der Waals surface area contributed by atoms with Gasteiger partial charge in [-0.1, -0.05) is 18.6 Å². The number of carbonyl (C=O) groups excluding carboxylic acids is 1. The Balaban J connectivity index is 1.74. The van der Waals surface area contributed by atoms with Crippen LogP contribution in [0.2, 0.25) is 0 Å². The van der Waals surface area contributed by atoms with Gasteiger partial charge in [-0.05, 0) is 48.2 Å². The molecule has 1 aliphatic heterocycles. The lowest BCUT2D eigenvalue weighted by molar-refractivity contribution is -0.135. The number of hydrogen-bond donors (Lipinski definition) is 5. The van der Waals surface area contributed by atoms with E-state index in [0.29, 0.717) is 0 Å². The fourth-order valence-electron chi connectivity index (χ4n) is 4.33. The van der Waals surface area contributed by atoms with Crippen LogP contribution in [0, 0.1) is 11.8 Å². The van der Waals surface area contributed by atoms with Gasteiger partial charge >= 0.3 is 0 Å². The second-order valence-electron chi connectivity index (χ2n) is 7.16. The molecule has 2 aromatic carbocycles. The molecule has 0 aromatic heterocycles. The number of phenols is 4. The molecule has 1 saturated carbocycles. The van der Waals surface area contributed by atoms with Crippen LogP contribution >= 0.6 is 0 Å². The van der Waals surface area contributed by atoms with Gasteiger partial charge < -0.3 is 25.7 Å². The number of benzene rings is 2. The smallest absolute Gasteiger partial charge is 0.157 e. The number of piperidine rings is 1. The Morgan fingerprint density at radius 3 is 1.62 bits per heavy atom. The lowest BCUT2D eigenvalue weighted by Crippen LogP contribution is -2.50. The molecule has 2 aliphatic rings. The van der Waals surface area contributed by atoms with Crippen molar-refractivity contribution in [1.29, 1.82) is 0 Å². The fraction of sp³-hybridized carbons (Fsp3) is 0.350. The molecule has 136 valence electrons. The van der Waals surface area contributed by atoms with Crippen LogP contribution in [0.4, 0.5) is 0 Å². The van der Waals surface area contributed by atoms with Gasteiger partial charge in [0.15, 0.2) is 23.0 Å². The molecule has 2 aromatic rings. The van der Waals surface area contributed by atoms with Crippen molar-refractivity contribution < 1.29 is 25.2 Å². The summed E-state index contributed by atoms with van der Waals surface area (Å²) in [7, 11) is 0. The van der Waals surface area contributed by atoms with E-state index in [2.05, 4.69) is 5.32 Å². The number of hydrogen-bond acceptors (Lipinski definition) is 6. The Morgan fingerprint density at radius 1 is 0.731 bits per heavy atom. The van der Waals surface area contributed by atoms with Gasteiger partial charge in [0.25, 0.3) is 0 Å². The quantitative estimate of drug-likeness (QED) is 0.530. The highest BCUT2D eigenvalue weighted by atomic mass is 16.3. The third-order valence-electron chi connectivity index (χ3n) is 5.64. The monoisotopic (exact) mass is 355 g/mol. The van der Waals surface area contributed by atoms with Crippen LogP contribution < -0.4 is 5.32 Å². The molecular formula is C20H21NO5. The molecule has 2 bridgehead atoms. The summed E-state index contributed by atoms with van der Waals surface area (Å²) in [6, 6.07) is 8.67. The molecule has 5 N–H and O–H groups in total. The topological polar surface area (TPSA) is 110 Å². The number of Topliss-reactive ketones (excluding diaryl/α,β-unsaturated/α-hetero) is 1. The predicted octanol–water partition coefficient (Wildman–Crippen LogP) is 2.88. The summed E-state index contributed by atoms with van der Waals surface area (Å²) in [4.78, 5) is 13.0. The number of rotatable bonds is 2. The van der Waals surface area contributed by atoms with Crippen LogP contribution in [-0.2, 0) is 4.79 Å². The highest BCUT2D eigenvalue weighted by Crippen LogP contribution is 2.47. The summed E-state index contributed by atoms with van der Waals surface area (Å²) in [5.74, 6) is -0.999. The first-order valence-electron chi connectivity index (χ1n) is 8.79. The van der Waals surface area contributed by atoms with E-state index in [-0.39, 0.29) is 52.7 Å². The lowest BCUT2D eigenvalue weighted by Gasteiger charge is -2.45. The lowest BCUT2D eigenvalue weighted by atomic mass is 9.67. The average molecular weight is 355 g/mol. The molecule has 4 atom stereocenters. The first kappa shape index (κ1) is 16.7.